The molecule has 0 saturated carbocycles. The normalized spacial score (nSPS) is 13.2. The van der Waals surface area contributed by atoms with Crippen molar-refractivity contribution in [2.24, 2.45) is 0 Å². The van der Waals surface area contributed by atoms with Gasteiger partial charge in [0.1, 0.15) is 11.6 Å². The number of esters is 1. The van der Waals surface area contributed by atoms with E-state index in [9.17, 15) is 9.59 Å². The number of aromatic nitrogens is 1. The number of carbonyl (C=O) groups is 2. The number of anilines is 1. The lowest BCUT2D eigenvalue weighted by molar-refractivity contribution is -0.114. The molecule has 2 heterocycles. The summed E-state index contributed by atoms with van der Waals surface area (Å²) in [6.45, 7) is 1.53. The first kappa shape index (κ1) is 19.7. The lowest BCUT2D eigenvalue weighted by atomic mass is 9.95. The quantitative estimate of drug-likeness (QED) is 0.336. The molecule has 0 unspecified atom stereocenters. The number of para-hydroxylation sites is 1. The molecule has 6 heteroatoms. The first-order valence-electron chi connectivity index (χ1n) is 10.5. The van der Waals surface area contributed by atoms with Gasteiger partial charge in [0.25, 0.3) is 0 Å². The average molecular weight is 431 g/mol. The lowest BCUT2D eigenvalue weighted by Crippen LogP contribution is -2.14. The van der Waals surface area contributed by atoms with E-state index in [4.69, 9.17) is 9.72 Å². The fourth-order valence-electron chi connectivity index (χ4n) is 4.32. The minimum absolute atomic E-state index is 0.0777. The Hall–Kier alpha value is -3.25. The van der Waals surface area contributed by atoms with Crippen molar-refractivity contribution in [3.8, 4) is 0 Å². The largest absolute Gasteiger partial charge is 0.455 e. The topological polar surface area (TPSA) is 68.3 Å². The Kier molecular flexibility index (Phi) is 5.16. The van der Waals surface area contributed by atoms with Gasteiger partial charge >= 0.3 is 5.97 Å². The third-order valence-corrected chi connectivity index (χ3v) is 6.90. The Morgan fingerprint density at radius 3 is 2.52 bits per heavy atom. The van der Waals surface area contributed by atoms with E-state index in [-0.39, 0.29) is 12.5 Å². The van der Waals surface area contributed by atoms with Crippen LogP contribution in [0.1, 0.15) is 46.3 Å². The Labute approximate surface area is 184 Å². The van der Waals surface area contributed by atoms with Crippen molar-refractivity contribution in [1.29, 1.82) is 0 Å². The molecule has 0 aliphatic heterocycles. The molecular weight excluding hydrogens is 408 g/mol. The van der Waals surface area contributed by atoms with Gasteiger partial charge in [0.05, 0.1) is 16.8 Å². The van der Waals surface area contributed by atoms with Gasteiger partial charge in [-0.2, -0.15) is 0 Å². The van der Waals surface area contributed by atoms with Crippen LogP contribution in [0.4, 0.5) is 5.00 Å². The van der Waals surface area contributed by atoms with Crippen molar-refractivity contribution in [3.63, 3.8) is 0 Å². The standard InChI is InChI=1S/C25H22N2O3S/c1-15(28)26-24-23(19-11-5-7-13-22(19)31-24)25(29)30-14-21-18-10-3-2-8-16(18)17-9-4-6-12-20(17)27-21/h2-4,6,8-10,12H,5,7,11,13-14H2,1H3,(H,26,28). The van der Waals surface area contributed by atoms with Crippen LogP contribution in [-0.4, -0.2) is 16.9 Å². The number of nitrogens with one attached hydrogen (secondary N) is 1. The molecule has 5 rings (SSSR count). The molecule has 1 amide bonds. The van der Waals surface area contributed by atoms with Crippen LogP contribution in [0, 0.1) is 0 Å². The van der Waals surface area contributed by atoms with Crippen molar-refractivity contribution in [2.45, 2.75) is 39.2 Å². The highest BCUT2D eigenvalue weighted by Crippen LogP contribution is 2.39. The molecule has 1 aliphatic carbocycles. The van der Waals surface area contributed by atoms with Gasteiger partial charge in [0, 0.05) is 22.6 Å². The van der Waals surface area contributed by atoms with Gasteiger partial charge < -0.3 is 10.1 Å². The van der Waals surface area contributed by atoms with Crippen LogP contribution in [0.15, 0.2) is 48.5 Å². The summed E-state index contributed by atoms with van der Waals surface area (Å²) in [7, 11) is 0. The van der Waals surface area contributed by atoms with E-state index in [1.54, 1.807) is 0 Å². The van der Waals surface area contributed by atoms with Crippen molar-refractivity contribution in [1.82, 2.24) is 4.98 Å². The van der Waals surface area contributed by atoms with Crippen LogP contribution in [0.25, 0.3) is 21.7 Å². The number of aryl methyl sites for hydroxylation is 1. The summed E-state index contributed by atoms with van der Waals surface area (Å²) in [6, 6.07) is 16.0. The fraction of sp³-hybridized carbons (Fsp3) is 0.240. The van der Waals surface area contributed by atoms with E-state index >= 15 is 0 Å². The number of thiophene rings is 1. The second-order valence-electron chi connectivity index (χ2n) is 7.79. The number of hydrogen-bond acceptors (Lipinski definition) is 5. The highest BCUT2D eigenvalue weighted by atomic mass is 32.1. The van der Waals surface area contributed by atoms with Gasteiger partial charge in [-0.15, -0.1) is 11.3 Å². The van der Waals surface area contributed by atoms with Crippen LogP contribution in [0.5, 0.6) is 0 Å². The predicted octanol–water partition coefficient (Wildman–Crippen LogP) is 5.64. The third kappa shape index (κ3) is 3.68. The van der Waals surface area contributed by atoms with E-state index in [0.29, 0.717) is 10.6 Å². The summed E-state index contributed by atoms with van der Waals surface area (Å²) in [4.78, 5) is 30.8. The second-order valence-corrected chi connectivity index (χ2v) is 8.90. The highest BCUT2D eigenvalue weighted by molar-refractivity contribution is 7.17. The van der Waals surface area contributed by atoms with Crippen LogP contribution >= 0.6 is 11.3 Å². The summed E-state index contributed by atoms with van der Waals surface area (Å²) in [5.74, 6) is -0.586. The number of carbonyl (C=O) groups excluding carboxylic acids is 2. The molecule has 5 nitrogen and oxygen atoms in total. The predicted molar refractivity (Wildman–Crippen MR) is 124 cm³/mol. The Morgan fingerprint density at radius 1 is 1.00 bits per heavy atom. The fourth-order valence-corrected chi connectivity index (χ4v) is 5.64. The number of nitrogens with zero attached hydrogens (tertiary/aromatic N) is 1. The second kappa shape index (κ2) is 8.12. The van der Waals surface area contributed by atoms with E-state index < -0.39 is 5.97 Å². The lowest BCUT2D eigenvalue weighted by Gasteiger charge is -2.13. The molecule has 1 aliphatic rings. The molecule has 0 fully saturated rings. The number of rotatable bonds is 4. The molecule has 0 saturated heterocycles. The highest BCUT2D eigenvalue weighted by Gasteiger charge is 2.27. The van der Waals surface area contributed by atoms with Crippen molar-refractivity contribution in [2.75, 3.05) is 5.32 Å². The smallest absolute Gasteiger partial charge is 0.341 e. The van der Waals surface area contributed by atoms with Crippen LogP contribution in [0.2, 0.25) is 0 Å². The first-order chi connectivity index (χ1) is 15.1. The Morgan fingerprint density at radius 2 is 1.71 bits per heavy atom. The van der Waals surface area contributed by atoms with E-state index in [1.165, 1.54) is 23.1 Å². The third-order valence-electron chi connectivity index (χ3n) is 5.69. The molecule has 2 aromatic carbocycles. The molecule has 0 atom stereocenters. The van der Waals surface area contributed by atoms with E-state index in [1.807, 2.05) is 36.4 Å². The van der Waals surface area contributed by atoms with Crippen molar-refractivity contribution in [3.05, 3.63) is 70.2 Å². The summed E-state index contributed by atoms with van der Waals surface area (Å²) >= 11 is 1.50. The molecule has 156 valence electrons. The minimum Gasteiger partial charge on any atom is -0.455 e. The van der Waals surface area contributed by atoms with E-state index in [2.05, 4.69) is 17.4 Å². The first-order valence-corrected chi connectivity index (χ1v) is 11.3. The molecule has 4 aromatic rings. The number of fused-ring (bicyclic) bond motifs is 4. The zero-order chi connectivity index (χ0) is 21.4. The van der Waals surface area contributed by atoms with Crippen LogP contribution in [0.3, 0.4) is 0 Å². The summed E-state index contributed by atoms with van der Waals surface area (Å²) in [6.07, 6.45) is 3.93. The Bertz CT molecular complexity index is 1330. The molecule has 0 radical (unpaired) electrons. The Balaban J connectivity index is 1.49. The number of amides is 1. The zero-order valence-corrected chi connectivity index (χ0v) is 18.1. The molecular formula is C25H22N2O3S. The monoisotopic (exact) mass is 430 g/mol. The molecule has 31 heavy (non-hydrogen) atoms. The minimum atomic E-state index is -0.401. The van der Waals surface area contributed by atoms with Crippen molar-refractivity contribution >= 4 is 49.9 Å². The van der Waals surface area contributed by atoms with Gasteiger partial charge in [-0.05, 0) is 42.7 Å². The summed E-state index contributed by atoms with van der Waals surface area (Å²) in [5.41, 5.74) is 3.15. The SMILES string of the molecule is CC(=O)Nc1sc2c(c1C(=O)OCc1nc3ccccc3c3ccccc13)CCCC2. The molecule has 0 spiro atoms. The number of benzene rings is 2. The maximum Gasteiger partial charge on any atom is 0.341 e. The van der Waals surface area contributed by atoms with E-state index in [0.717, 1.165) is 58.6 Å². The zero-order valence-electron chi connectivity index (χ0n) is 17.2. The van der Waals surface area contributed by atoms with Gasteiger partial charge in [-0.3, -0.25) is 4.79 Å². The van der Waals surface area contributed by atoms with Crippen molar-refractivity contribution < 1.29 is 14.3 Å². The summed E-state index contributed by atoms with van der Waals surface area (Å²) < 4.78 is 5.77. The summed E-state index contributed by atoms with van der Waals surface area (Å²) in [5, 5.41) is 6.57. The average Bonchev–Trinajstić information content (AvgIpc) is 3.14. The number of pyridine rings is 1. The number of ether oxygens (including phenoxy) is 1. The van der Waals surface area contributed by atoms with Gasteiger partial charge in [0.2, 0.25) is 5.91 Å². The maximum atomic E-state index is 13.2. The van der Waals surface area contributed by atoms with Gasteiger partial charge in [-0.1, -0.05) is 42.5 Å². The molecule has 2 aromatic heterocycles. The van der Waals surface area contributed by atoms with Gasteiger partial charge in [0.15, 0.2) is 0 Å². The molecule has 1 N–H and O–H groups in total. The number of hydrogen-bond donors (Lipinski definition) is 1. The van der Waals surface area contributed by atoms with Crippen LogP contribution < -0.4 is 5.32 Å². The van der Waals surface area contributed by atoms with Crippen LogP contribution in [-0.2, 0) is 29.0 Å². The maximum absolute atomic E-state index is 13.2. The van der Waals surface area contributed by atoms with Gasteiger partial charge in [-0.25, -0.2) is 9.78 Å². The molecule has 0 bridgehead atoms.